The van der Waals surface area contributed by atoms with E-state index in [0.717, 1.165) is 35.8 Å². The van der Waals surface area contributed by atoms with Gasteiger partial charge in [0.15, 0.2) is 0 Å². The molecule has 0 saturated carbocycles. The van der Waals surface area contributed by atoms with Crippen molar-refractivity contribution < 1.29 is 4.79 Å². The molecule has 0 aliphatic carbocycles. The summed E-state index contributed by atoms with van der Waals surface area (Å²) in [6, 6.07) is 15.9. The van der Waals surface area contributed by atoms with Gasteiger partial charge in [0, 0.05) is 25.0 Å². The second kappa shape index (κ2) is 8.09. The van der Waals surface area contributed by atoms with Gasteiger partial charge in [0.25, 0.3) is 0 Å². The van der Waals surface area contributed by atoms with Crippen molar-refractivity contribution in [3.8, 4) is 0 Å². The zero-order chi connectivity index (χ0) is 17.2. The summed E-state index contributed by atoms with van der Waals surface area (Å²) in [7, 11) is 0. The fourth-order valence-electron chi connectivity index (χ4n) is 3.40. The molecule has 0 spiro atoms. The number of amides is 1. The summed E-state index contributed by atoms with van der Waals surface area (Å²) in [5.74, 6) is 0.210. The first-order chi connectivity index (χ1) is 12.2. The van der Waals surface area contributed by atoms with Crippen LogP contribution in [0.3, 0.4) is 0 Å². The molecule has 0 radical (unpaired) electrons. The van der Waals surface area contributed by atoms with E-state index < -0.39 is 0 Å². The third-order valence-corrected chi connectivity index (χ3v) is 5.14. The fraction of sp³-hybridized carbons (Fsp3) is 0.278. The minimum Gasteiger partial charge on any atom is -0.326 e. The van der Waals surface area contributed by atoms with E-state index in [-0.39, 0.29) is 30.3 Å². The van der Waals surface area contributed by atoms with Crippen LogP contribution in [0.5, 0.6) is 0 Å². The molecule has 2 aliphatic rings. The Balaban J connectivity index is 0.00000196. The van der Waals surface area contributed by atoms with Crippen LogP contribution in [-0.2, 0) is 16.1 Å². The summed E-state index contributed by atoms with van der Waals surface area (Å²) >= 11 is 1.15. The van der Waals surface area contributed by atoms with Crippen molar-refractivity contribution in [1.29, 1.82) is 0 Å². The van der Waals surface area contributed by atoms with Gasteiger partial charge < -0.3 is 11.1 Å². The first-order valence-electron chi connectivity index (χ1n) is 8.25. The molecule has 3 N–H and O–H groups in total. The number of anilines is 1. The molecule has 1 amide bonds. The van der Waals surface area contributed by atoms with Gasteiger partial charge in [0.1, 0.15) is 11.4 Å². The van der Waals surface area contributed by atoms with Crippen molar-refractivity contribution in [2.45, 2.75) is 12.0 Å². The van der Waals surface area contributed by atoms with E-state index in [1.54, 1.807) is 0 Å². The Morgan fingerprint density at radius 2 is 1.96 bits per heavy atom. The number of hydrogen-bond donors (Lipinski definition) is 2. The van der Waals surface area contributed by atoms with Crippen LogP contribution < -0.4 is 11.1 Å². The molecule has 4 rings (SSSR count). The smallest absolute Gasteiger partial charge is 0.238 e. The van der Waals surface area contributed by atoms with Gasteiger partial charge in [-0.25, -0.2) is 0 Å². The van der Waals surface area contributed by atoms with Gasteiger partial charge in [-0.15, -0.1) is 12.4 Å². The zero-order valence-electron chi connectivity index (χ0n) is 14.0. The summed E-state index contributed by atoms with van der Waals surface area (Å²) < 4.78 is 8.45. The number of hydrogen-bond acceptors (Lipinski definition) is 5. The molecule has 2 atom stereocenters. The number of carbonyl (C=O) groups is 1. The van der Waals surface area contributed by atoms with Crippen LogP contribution in [0.15, 0.2) is 57.3 Å². The minimum absolute atomic E-state index is 0. The molecule has 1 saturated heterocycles. The highest BCUT2D eigenvalue weighted by Gasteiger charge is 2.32. The molecule has 2 aromatic carbocycles. The summed E-state index contributed by atoms with van der Waals surface area (Å²) in [6.45, 7) is 1.83. The van der Waals surface area contributed by atoms with Gasteiger partial charge in [-0.2, -0.15) is 8.73 Å². The lowest BCUT2D eigenvalue weighted by molar-refractivity contribution is -0.117. The number of halogens is 1. The molecule has 8 heteroatoms. The van der Waals surface area contributed by atoms with Crippen molar-refractivity contribution in [3.05, 3.63) is 54.1 Å². The molecule has 0 bridgehead atoms. The number of nitrogens with one attached hydrogen (secondary N) is 1. The first-order valence-corrected chi connectivity index (χ1v) is 8.98. The first kappa shape index (κ1) is 18.7. The van der Waals surface area contributed by atoms with Crippen LogP contribution in [0.2, 0.25) is 0 Å². The van der Waals surface area contributed by atoms with E-state index in [4.69, 9.17) is 5.73 Å². The second-order valence-corrected chi connectivity index (χ2v) is 6.89. The average Bonchev–Trinajstić information content (AvgIpc) is 3.23. The van der Waals surface area contributed by atoms with Crippen molar-refractivity contribution in [1.82, 2.24) is 4.90 Å². The fourth-order valence-corrected chi connectivity index (χ4v) is 3.94. The third-order valence-electron chi connectivity index (χ3n) is 4.60. The normalized spacial score (nSPS) is 21.0. The molecule has 0 unspecified atom stereocenters. The van der Waals surface area contributed by atoms with E-state index >= 15 is 0 Å². The molecule has 136 valence electrons. The van der Waals surface area contributed by atoms with Gasteiger partial charge in [0.05, 0.1) is 23.6 Å². The maximum Gasteiger partial charge on any atom is 0.238 e. The summed E-state index contributed by atoms with van der Waals surface area (Å²) in [4.78, 5) is 14.6. The van der Waals surface area contributed by atoms with Gasteiger partial charge in [0.2, 0.25) is 5.91 Å². The molecule has 2 aliphatic heterocycles. The number of likely N-dealkylation sites (tertiary alicyclic amines) is 1. The SMILES string of the molecule is Cl.N[C@@H]1CN(CC(=O)Nc2cccc3c2N=S=N3)C[C@H]1c1ccccc1. The van der Waals surface area contributed by atoms with Gasteiger partial charge in [-0.05, 0) is 17.7 Å². The van der Waals surface area contributed by atoms with E-state index in [0.29, 0.717) is 12.2 Å². The number of nitrogens with zero attached hydrogens (tertiary/aromatic N) is 3. The van der Waals surface area contributed by atoms with Crippen LogP contribution in [0.1, 0.15) is 11.5 Å². The maximum atomic E-state index is 12.4. The zero-order valence-corrected chi connectivity index (χ0v) is 15.7. The van der Waals surface area contributed by atoms with Crippen molar-refractivity contribution in [3.63, 3.8) is 0 Å². The van der Waals surface area contributed by atoms with E-state index in [1.807, 2.05) is 36.4 Å². The highest BCUT2D eigenvalue weighted by molar-refractivity contribution is 7.58. The number of rotatable bonds is 4. The van der Waals surface area contributed by atoms with Crippen LogP contribution >= 0.6 is 12.4 Å². The van der Waals surface area contributed by atoms with E-state index in [1.165, 1.54) is 5.56 Å². The Morgan fingerprint density at radius 1 is 1.15 bits per heavy atom. The molecule has 6 nitrogen and oxygen atoms in total. The van der Waals surface area contributed by atoms with Gasteiger partial charge >= 0.3 is 0 Å². The Morgan fingerprint density at radius 3 is 2.77 bits per heavy atom. The average molecular weight is 390 g/mol. The third kappa shape index (κ3) is 3.86. The number of fused-ring (bicyclic) bond motifs is 1. The number of carbonyl (C=O) groups excluding carboxylic acids is 1. The van der Waals surface area contributed by atoms with Crippen LogP contribution in [0, 0.1) is 0 Å². The molecular formula is C18H20ClN5OS. The molecule has 26 heavy (non-hydrogen) atoms. The quantitative estimate of drug-likeness (QED) is 0.718. The van der Waals surface area contributed by atoms with Crippen molar-refractivity contribution in [2.24, 2.45) is 14.5 Å². The largest absolute Gasteiger partial charge is 0.326 e. The Kier molecular flexibility index (Phi) is 5.83. The number of benzene rings is 2. The topological polar surface area (TPSA) is 83.1 Å². The Hall–Kier alpha value is -2.06. The van der Waals surface area contributed by atoms with E-state index in [9.17, 15) is 4.79 Å². The highest BCUT2D eigenvalue weighted by Crippen LogP contribution is 2.38. The minimum atomic E-state index is -0.0542. The summed E-state index contributed by atoms with van der Waals surface area (Å²) in [6.07, 6.45) is 0. The monoisotopic (exact) mass is 389 g/mol. The van der Waals surface area contributed by atoms with E-state index in [2.05, 4.69) is 31.1 Å². The van der Waals surface area contributed by atoms with Crippen molar-refractivity contribution in [2.75, 3.05) is 25.0 Å². The Labute approximate surface area is 162 Å². The van der Waals surface area contributed by atoms with Crippen LogP contribution in [0.25, 0.3) is 0 Å². The molecular weight excluding hydrogens is 370 g/mol. The molecule has 0 aromatic heterocycles. The van der Waals surface area contributed by atoms with Gasteiger partial charge in [-0.1, -0.05) is 36.4 Å². The van der Waals surface area contributed by atoms with Crippen LogP contribution in [-0.4, -0.2) is 36.5 Å². The Bertz CT molecular complexity index is 869. The maximum absolute atomic E-state index is 12.4. The molecule has 1 fully saturated rings. The molecule has 2 aromatic rings. The highest BCUT2D eigenvalue weighted by atomic mass is 35.5. The van der Waals surface area contributed by atoms with Crippen molar-refractivity contribution >= 4 is 46.7 Å². The molecule has 2 heterocycles. The number of nitrogens with two attached hydrogens (primary N) is 1. The predicted octanol–water partition coefficient (Wildman–Crippen LogP) is 3.20. The standard InChI is InChI=1S/C18H19N5OS.ClH/c19-14-10-23(9-13(14)12-5-2-1-3-6-12)11-17(24)20-15-7-4-8-16-18(15)22-25-21-16;/h1-8,13-14H,9-11,19H2,(H,20,24);1H/t13-,14+;/m0./s1. The summed E-state index contributed by atoms with van der Waals surface area (Å²) in [5, 5.41) is 2.95. The lowest BCUT2D eigenvalue weighted by atomic mass is 9.95. The van der Waals surface area contributed by atoms with Crippen LogP contribution in [0.4, 0.5) is 17.1 Å². The predicted molar refractivity (Wildman–Crippen MR) is 107 cm³/mol. The second-order valence-electron chi connectivity index (χ2n) is 6.36. The summed E-state index contributed by atoms with van der Waals surface area (Å²) in [5.41, 5.74) is 9.78. The van der Waals surface area contributed by atoms with Gasteiger partial charge in [-0.3, -0.25) is 9.69 Å². The lowest BCUT2D eigenvalue weighted by Gasteiger charge is -2.16. The lowest BCUT2D eigenvalue weighted by Crippen LogP contribution is -2.33.